The first-order valence-corrected chi connectivity index (χ1v) is 10.3. The van der Waals surface area contributed by atoms with Crippen LogP contribution in [0.3, 0.4) is 0 Å². The first kappa shape index (κ1) is 26.9. The van der Waals surface area contributed by atoms with Crippen molar-refractivity contribution in [1.29, 1.82) is 0 Å². The summed E-state index contributed by atoms with van der Waals surface area (Å²) < 4.78 is 2.00. The first-order chi connectivity index (χ1) is 14.9. The van der Waals surface area contributed by atoms with Gasteiger partial charge in [-0.25, -0.2) is 11.6 Å². The van der Waals surface area contributed by atoms with E-state index in [0.29, 0.717) is 0 Å². The largest absolute Gasteiger partial charge is 4.00 e. The Bertz CT molecular complexity index is 1320. The molecule has 0 atom stereocenters. The van der Waals surface area contributed by atoms with Crippen LogP contribution in [0.25, 0.3) is 27.4 Å². The van der Waals surface area contributed by atoms with Crippen molar-refractivity contribution in [3.63, 3.8) is 0 Å². The summed E-state index contributed by atoms with van der Waals surface area (Å²) in [6, 6.07) is 31.5. The van der Waals surface area contributed by atoms with Gasteiger partial charge >= 0.3 is 26.2 Å². The molecule has 0 unspecified atom stereocenters. The van der Waals surface area contributed by atoms with Gasteiger partial charge < -0.3 is 24.8 Å². The Morgan fingerprint density at radius 3 is 2.27 bits per heavy atom. The molecule has 5 aromatic rings. The summed E-state index contributed by atoms with van der Waals surface area (Å²) in [6.07, 6.45) is 11.5. The standard InChI is InChI=1S/C16H11N2.C12H11.2ClH.Zr/c1-2-6-13-10-15(9-12(13)5-1)18-16-8-4-3-7-14(16)11-17-18;1-2-6-11(7-3-1)10-12-8-4-5-9-12;;;/h1-11H;1-4,6-8H,5,10H2;2*1H;/q2*-1;;;+4/p-2. The molecule has 1 aliphatic rings. The molecule has 2 nitrogen and oxygen atoms in total. The van der Waals surface area contributed by atoms with Crippen LogP contribution >= 0.6 is 0 Å². The number of nitrogens with zero attached hydrogens (tertiary/aromatic N) is 2. The zero-order valence-corrected chi connectivity index (χ0v) is 21.9. The van der Waals surface area contributed by atoms with Crippen LogP contribution in [0.4, 0.5) is 0 Å². The van der Waals surface area contributed by atoms with Gasteiger partial charge in [0.1, 0.15) is 0 Å². The van der Waals surface area contributed by atoms with Crippen LogP contribution in [0.15, 0.2) is 115 Å². The van der Waals surface area contributed by atoms with E-state index in [1.54, 1.807) is 0 Å². The van der Waals surface area contributed by atoms with Crippen molar-refractivity contribution in [3.05, 3.63) is 127 Å². The maximum Gasteiger partial charge on any atom is 4.00 e. The molecule has 0 radical (unpaired) electrons. The molecule has 1 heterocycles. The summed E-state index contributed by atoms with van der Waals surface area (Å²) in [5, 5.41) is 8.16. The molecule has 162 valence electrons. The zero-order valence-electron chi connectivity index (χ0n) is 18.0. The van der Waals surface area contributed by atoms with Gasteiger partial charge in [-0.15, -0.1) is 47.5 Å². The van der Waals surface area contributed by atoms with E-state index < -0.39 is 0 Å². The minimum Gasteiger partial charge on any atom is -1.00 e. The molecule has 0 fully saturated rings. The smallest absolute Gasteiger partial charge is 1.00 e. The molecule has 0 amide bonds. The number of rotatable bonds is 3. The summed E-state index contributed by atoms with van der Waals surface area (Å²) in [7, 11) is 0. The second kappa shape index (κ2) is 12.8. The SMILES string of the molecule is [C-]1=C(Cc2ccccc2)C=CC1.[Cl-].[Cl-].[Zr+4].c1ccc2[cH-]c(-n3ncc4ccccc43)cc2c1. The normalized spacial score (nSPS) is 11.6. The van der Waals surface area contributed by atoms with Crippen molar-refractivity contribution in [2.45, 2.75) is 12.8 Å². The van der Waals surface area contributed by atoms with Gasteiger partial charge in [0.2, 0.25) is 0 Å². The molecular formula is C28H22Cl2N2Zr. The fraction of sp³-hybridized carbons (Fsp3) is 0.0714. The Kier molecular flexibility index (Phi) is 10.4. The second-order valence-corrected chi connectivity index (χ2v) is 7.43. The van der Waals surface area contributed by atoms with E-state index in [1.807, 2.05) is 29.1 Å². The maximum absolute atomic E-state index is 4.48. The molecule has 0 bridgehead atoms. The Balaban J connectivity index is 0.000000229. The van der Waals surface area contributed by atoms with Crippen LogP contribution in [0.1, 0.15) is 12.0 Å². The zero-order chi connectivity index (χ0) is 20.2. The van der Waals surface area contributed by atoms with E-state index in [9.17, 15) is 0 Å². The fourth-order valence-electron chi connectivity index (χ4n) is 3.82. The van der Waals surface area contributed by atoms with Crippen LogP contribution in [0.5, 0.6) is 0 Å². The molecule has 33 heavy (non-hydrogen) atoms. The number of hydrogen-bond donors (Lipinski definition) is 0. The van der Waals surface area contributed by atoms with E-state index in [0.717, 1.165) is 24.0 Å². The first-order valence-electron chi connectivity index (χ1n) is 10.3. The van der Waals surface area contributed by atoms with Gasteiger partial charge in [-0.05, 0) is 23.7 Å². The van der Waals surface area contributed by atoms with Gasteiger partial charge in [-0.3, -0.25) is 10.8 Å². The molecule has 1 aromatic heterocycles. The predicted molar refractivity (Wildman–Crippen MR) is 125 cm³/mol. The van der Waals surface area contributed by atoms with Crippen molar-refractivity contribution < 1.29 is 51.0 Å². The average molecular weight is 549 g/mol. The number of fused-ring (bicyclic) bond motifs is 2. The molecule has 5 heteroatoms. The quantitative estimate of drug-likeness (QED) is 0.306. The minimum absolute atomic E-state index is 0. The van der Waals surface area contributed by atoms with E-state index in [2.05, 4.69) is 96.1 Å². The second-order valence-electron chi connectivity index (χ2n) is 7.43. The van der Waals surface area contributed by atoms with Gasteiger partial charge in [0.15, 0.2) is 0 Å². The number of hydrogen-bond acceptors (Lipinski definition) is 1. The van der Waals surface area contributed by atoms with Crippen molar-refractivity contribution in [2.75, 3.05) is 0 Å². The number of para-hydroxylation sites is 1. The molecule has 0 N–H and O–H groups in total. The van der Waals surface area contributed by atoms with Crippen molar-refractivity contribution in [3.8, 4) is 5.69 Å². The molecular weight excluding hydrogens is 526 g/mol. The van der Waals surface area contributed by atoms with Crippen LogP contribution in [-0.4, -0.2) is 9.78 Å². The molecule has 0 spiro atoms. The molecule has 1 aliphatic carbocycles. The van der Waals surface area contributed by atoms with E-state index in [1.165, 1.54) is 27.3 Å². The van der Waals surface area contributed by atoms with Crippen LogP contribution in [0, 0.1) is 6.08 Å². The van der Waals surface area contributed by atoms with E-state index in [4.69, 9.17) is 0 Å². The molecule has 4 aromatic carbocycles. The third kappa shape index (κ3) is 6.39. The Hall–Kier alpha value is -2.32. The number of benzene rings is 3. The molecule has 0 aliphatic heterocycles. The third-order valence-electron chi connectivity index (χ3n) is 5.33. The summed E-state index contributed by atoms with van der Waals surface area (Å²) in [5.74, 6) is 0. The predicted octanol–water partition coefficient (Wildman–Crippen LogP) is 0.822. The van der Waals surface area contributed by atoms with Crippen LogP contribution in [-0.2, 0) is 32.6 Å². The Labute approximate surface area is 226 Å². The summed E-state index contributed by atoms with van der Waals surface area (Å²) in [6.45, 7) is 0. The van der Waals surface area contributed by atoms with E-state index in [-0.39, 0.29) is 51.0 Å². The number of aromatic nitrogens is 2. The van der Waals surface area contributed by atoms with E-state index >= 15 is 0 Å². The Morgan fingerprint density at radius 2 is 1.55 bits per heavy atom. The fourth-order valence-corrected chi connectivity index (χ4v) is 3.82. The Morgan fingerprint density at radius 1 is 0.848 bits per heavy atom. The summed E-state index contributed by atoms with van der Waals surface area (Å²) in [5.41, 5.74) is 4.96. The summed E-state index contributed by atoms with van der Waals surface area (Å²) >= 11 is 0. The topological polar surface area (TPSA) is 17.8 Å². The molecule has 6 rings (SSSR count). The molecule has 0 saturated heterocycles. The summed E-state index contributed by atoms with van der Waals surface area (Å²) in [4.78, 5) is 0. The monoisotopic (exact) mass is 546 g/mol. The third-order valence-corrected chi connectivity index (χ3v) is 5.33. The van der Waals surface area contributed by atoms with Gasteiger partial charge in [0.05, 0.1) is 11.7 Å². The van der Waals surface area contributed by atoms with Gasteiger partial charge in [-0.2, -0.15) is 11.2 Å². The van der Waals surface area contributed by atoms with Crippen molar-refractivity contribution in [2.24, 2.45) is 0 Å². The van der Waals surface area contributed by atoms with Crippen LogP contribution in [0.2, 0.25) is 0 Å². The van der Waals surface area contributed by atoms with Gasteiger partial charge in [0.25, 0.3) is 0 Å². The number of halogens is 2. The maximum atomic E-state index is 4.48. The minimum atomic E-state index is 0. The van der Waals surface area contributed by atoms with Gasteiger partial charge in [-0.1, -0.05) is 54.6 Å². The number of allylic oxidation sites excluding steroid dienone is 4. The average Bonchev–Trinajstić information content (AvgIpc) is 3.54. The van der Waals surface area contributed by atoms with Crippen molar-refractivity contribution >= 4 is 21.7 Å². The van der Waals surface area contributed by atoms with Gasteiger partial charge in [0, 0.05) is 5.39 Å². The molecule has 0 saturated carbocycles. The van der Waals surface area contributed by atoms with Crippen LogP contribution < -0.4 is 24.8 Å². The van der Waals surface area contributed by atoms with Crippen molar-refractivity contribution in [1.82, 2.24) is 9.78 Å².